The van der Waals surface area contributed by atoms with E-state index in [1.807, 2.05) is 11.7 Å². The molecule has 5 nitrogen and oxygen atoms in total. The number of primary amides is 1. The average molecular weight is 339 g/mol. The number of hydrogen-bond donors (Lipinski definition) is 1. The molecule has 0 spiro atoms. The predicted octanol–water partition coefficient (Wildman–Crippen LogP) is 2.96. The molecule has 2 aromatic rings. The highest BCUT2D eigenvalue weighted by molar-refractivity contribution is 6.42. The molecule has 0 aliphatic carbocycles. The Morgan fingerprint density at radius 3 is 2.73 bits per heavy atom. The van der Waals surface area contributed by atoms with Gasteiger partial charge < -0.3 is 5.73 Å². The highest BCUT2D eigenvalue weighted by Gasteiger charge is 2.29. The highest BCUT2D eigenvalue weighted by atomic mass is 35.5. The lowest BCUT2D eigenvalue weighted by atomic mass is 10.0. The maximum atomic E-state index is 12.0. The molecule has 1 amide bonds. The van der Waals surface area contributed by atoms with Gasteiger partial charge in [-0.2, -0.15) is 5.10 Å². The Morgan fingerprint density at radius 1 is 1.36 bits per heavy atom. The van der Waals surface area contributed by atoms with Gasteiger partial charge in [0.05, 0.1) is 27.3 Å². The molecule has 0 radical (unpaired) electrons. The molecule has 7 heteroatoms. The van der Waals surface area contributed by atoms with Crippen molar-refractivity contribution >= 4 is 29.1 Å². The SMILES string of the molecule is CC1CN(C)Cc2c(C(N)=O)c(-c3ccc(Cl)c(Cl)c3)nn21. The van der Waals surface area contributed by atoms with Gasteiger partial charge in [0.2, 0.25) is 0 Å². The zero-order valence-corrected chi connectivity index (χ0v) is 13.8. The molecule has 0 fully saturated rings. The minimum atomic E-state index is -0.482. The number of aromatic nitrogens is 2. The number of carbonyl (C=O) groups excluding carboxylic acids is 1. The second-order valence-corrected chi connectivity index (χ2v) is 6.47. The molecule has 0 saturated carbocycles. The first-order valence-electron chi connectivity index (χ1n) is 6.93. The van der Waals surface area contributed by atoms with Crippen LogP contribution >= 0.6 is 23.2 Å². The van der Waals surface area contributed by atoms with Gasteiger partial charge in [0.25, 0.3) is 5.91 Å². The van der Waals surface area contributed by atoms with Crippen LogP contribution in [0.5, 0.6) is 0 Å². The van der Waals surface area contributed by atoms with E-state index in [0.717, 1.165) is 17.8 Å². The van der Waals surface area contributed by atoms with Crippen molar-refractivity contribution in [2.75, 3.05) is 13.6 Å². The summed E-state index contributed by atoms with van der Waals surface area (Å²) in [7, 11) is 2.01. The normalized spacial score (nSPS) is 18.3. The lowest BCUT2D eigenvalue weighted by Gasteiger charge is -2.29. The van der Waals surface area contributed by atoms with E-state index >= 15 is 0 Å². The van der Waals surface area contributed by atoms with Crippen LogP contribution in [-0.2, 0) is 6.54 Å². The monoisotopic (exact) mass is 338 g/mol. The Kier molecular flexibility index (Phi) is 3.89. The second kappa shape index (κ2) is 5.57. The number of fused-ring (bicyclic) bond motifs is 1. The number of benzene rings is 1. The van der Waals surface area contributed by atoms with E-state index in [0.29, 0.717) is 27.8 Å². The fourth-order valence-corrected chi connectivity index (χ4v) is 3.24. The van der Waals surface area contributed by atoms with Crippen LogP contribution in [0.3, 0.4) is 0 Å². The van der Waals surface area contributed by atoms with Crippen molar-refractivity contribution in [2.45, 2.75) is 19.5 Å². The highest BCUT2D eigenvalue weighted by Crippen LogP contribution is 2.33. The van der Waals surface area contributed by atoms with Crippen LogP contribution in [0.25, 0.3) is 11.3 Å². The van der Waals surface area contributed by atoms with Crippen LogP contribution in [0.2, 0.25) is 10.0 Å². The van der Waals surface area contributed by atoms with Crippen LogP contribution in [0.15, 0.2) is 18.2 Å². The fourth-order valence-electron chi connectivity index (χ4n) is 2.94. The van der Waals surface area contributed by atoms with Crippen molar-refractivity contribution in [2.24, 2.45) is 5.73 Å². The van der Waals surface area contributed by atoms with E-state index in [1.165, 1.54) is 0 Å². The summed E-state index contributed by atoms with van der Waals surface area (Å²) >= 11 is 12.0. The van der Waals surface area contributed by atoms with Gasteiger partial charge in [0.15, 0.2) is 0 Å². The van der Waals surface area contributed by atoms with Crippen molar-refractivity contribution in [1.29, 1.82) is 0 Å². The summed E-state index contributed by atoms with van der Waals surface area (Å²) in [6.07, 6.45) is 0. The third-order valence-electron chi connectivity index (χ3n) is 3.86. The van der Waals surface area contributed by atoms with E-state index in [2.05, 4.69) is 16.9 Å². The average Bonchev–Trinajstić information content (AvgIpc) is 2.81. The number of nitrogens with zero attached hydrogens (tertiary/aromatic N) is 3. The summed E-state index contributed by atoms with van der Waals surface area (Å²) in [6, 6.07) is 5.36. The van der Waals surface area contributed by atoms with Crippen LogP contribution in [0, 0.1) is 0 Å². The Hall–Kier alpha value is -1.56. The zero-order valence-electron chi connectivity index (χ0n) is 12.3. The molecular formula is C15H16Cl2N4O. The topological polar surface area (TPSA) is 64.2 Å². The second-order valence-electron chi connectivity index (χ2n) is 5.65. The molecule has 1 aromatic heterocycles. The molecule has 2 heterocycles. The minimum absolute atomic E-state index is 0.170. The number of hydrogen-bond acceptors (Lipinski definition) is 3. The number of nitrogens with two attached hydrogens (primary N) is 1. The maximum absolute atomic E-state index is 12.0. The van der Waals surface area contributed by atoms with E-state index in [-0.39, 0.29) is 6.04 Å². The number of amides is 1. The molecule has 0 saturated heterocycles. The number of likely N-dealkylation sites (N-methyl/N-ethyl adjacent to an activating group) is 1. The molecule has 1 aliphatic rings. The van der Waals surface area contributed by atoms with Gasteiger partial charge in [0, 0.05) is 18.7 Å². The van der Waals surface area contributed by atoms with E-state index in [9.17, 15) is 4.79 Å². The van der Waals surface area contributed by atoms with Crippen molar-refractivity contribution < 1.29 is 4.79 Å². The first-order chi connectivity index (χ1) is 10.4. The standard InChI is InChI=1S/C15H16Cl2N4O/c1-8-6-20(2)7-12-13(15(18)22)14(19-21(8)12)9-3-4-10(16)11(17)5-9/h3-5,8H,6-7H2,1-2H3,(H2,18,22). The number of carbonyl (C=O) groups is 1. The molecule has 0 bridgehead atoms. The zero-order chi connectivity index (χ0) is 16.0. The summed E-state index contributed by atoms with van der Waals surface area (Å²) in [4.78, 5) is 14.1. The van der Waals surface area contributed by atoms with Crippen molar-refractivity contribution in [3.63, 3.8) is 0 Å². The van der Waals surface area contributed by atoms with Crippen LogP contribution in [0.4, 0.5) is 0 Å². The Morgan fingerprint density at radius 2 is 2.09 bits per heavy atom. The fraction of sp³-hybridized carbons (Fsp3) is 0.333. The molecular weight excluding hydrogens is 323 g/mol. The lowest BCUT2D eigenvalue weighted by Crippen LogP contribution is -2.34. The van der Waals surface area contributed by atoms with Gasteiger partial charge >= 0.3 is 0 Å². The molecule has 1 aliphatic heterocycles. The van der Waals surface area contributed by atoms with Crippen LogP contribution in [-0.4, -0.2) is 34.2 Å². The number of rotatable bonds is 2. The minimum Gasteiger partial charge on any atom is -0.365 e. The molecule has 1 atom stereocenters. The summed E-state index contributed by atoms with van der Waals surface area (Å²) in [5.74, 6) is -0.482. The summed E-state index contributed by atoms with van der Waals surface area (Å²) < 4.78 is 1.89. The van der Waals surface area contributed by atoms with Gasteiger partial charge in [-0.05, 0) is 26.1 Å². The smallest absolute Gasteiger partial charge is 0.252 e. The summed E-state index contributed by atoms with van der Waals surface area (Å²) in [5, 5.41) is 5.50. The van der Waals surface area contributed by atoms with Crippen molar-refractivity contribution in [3.8, 4) is 11.3 Å². The number of halogens is 2. The molecule has 1 unspecified atom stereocenters. The van der Waals surface area contributed by atoms with Crippen LogP contribution < -0.4 is 5.73 Å². The van der Waals surface area contributed by atoms with Gasteiger partial charge in [-0.25, -0.2) is 0 Å². The first kappa shape index (κ1) is 15.3. The van der Waals surface area contributed by atoms with Gasteiger partial charge in [-0.1, -0.05) is 29.3 Å². The third-order valence-corrected chi connectivity index (χ3v) is 4.60. The van der Waals surface area contributed by atoms with Gasteiger partial charge in [0.1, 0.15) is 5.69 Å². The van der Waals surface area contributed by atoms with Crippen molar-refractivity contribution in [1.82, 2.24) is 14.7 Å². The predicted molar refractivity (Wildman–Crippen MR) is 87.2 cm³/mol. The molecule has 1 aromatic carbocycles. The van der Waals surface area contributed by atoms with Gasteiger partial charge in [-0.15, -0.1) is 0 Å². The molecule has 22 heavy (non-hydrogen) atoms. The maximum Gasteiger partial charge on any atom is 0.252 e. The van der Waals surface area contributed by atoms with Gasteiger partial charge in [-0.3, -0.25) is 14.4 Å². The third kappa shape index (κ3) is 2.49. The van der Waals surface area contributed by atoms with E-state index in [1.54, 1.807) is 18.2 Å². The Labute approximate surface area is 138 Å². The first-order valence-corrected chi connectivity index (χ1v) is 7.69. The molecule has 2 N–H and O–H groups in total. The lowest BCUT2D eigenvalue weighted by molar-refractivity contribution is 0.0997. The largest absolute Gasteiger partial charge is 0.365 e. The van der Waals surface area contributed by atoms with E-state index < -0.39 is 5.91 Å². The molecule has 116 valence electrons. The van der Waals surface area contributed by atoms with E-state index in [4.69, 9.17) is 28.9 Å². The summed E-state index contributed by atoms with van der Waals surface area (Å²) in [5.41, 5.74) is 8.20. The Bertz CT molecular complexity index is 756. The van der Waals surface area contributed by atoms with Crippen LogP contribution in [0.1, 0.15) is 29.0 Å². The molecule has 3 rings (SSSR count). The summed E-state index contributed by atoms with van der Waals surface area (Å²) in [6.45, 7) is 3.57. The van der Waals surface area contributed by atoms with Crippen molar-refractivity contribution in [3.05, 3.63) is 39.5 Å². The Balaban J connectivity index is 2.22. The quantitative estimate of drug-likeness (QED) is 0.915.